The Labute approximate surface area is 99.6 Å². The zero-order valence-corrected chi connectivity index (χ0v) is 9.26. The normalized spacial score (nSPS) is 9.88. The Morgan fingerprint density at radius 3 is 2.76 bits per heavy atom. The number of para-hydroxylation sites is 1. The van der Waals surface area contributed by atoms with Crippen molar-refractivity contribution >= 4 is 5.84 Å². The van der Waals surface area contributed by atoms with Crippen LogP contribution in [0.3, 0.4) is 0 Å². The summed E-state index contributed by atoms with van der Waals surface area (Å²) in [4.78, 5) is 4.01. The first kappa shape index (κ1) is 11.1. The number of amidine groups is 1. The molecule has 1 aromatic heterocycles. The van der Waals surface area contributed by atoms with Crippen molar-refractivity contribution in [2.45, 2.75) is 6.61 Å². The number of aromatic nitrogens is 1. The highest BCUT2D eigenvalue weighted by molar-refractivity contribution is 5.97. The molecule has 3 N–H and O–H groups in total. The van der Waals surface area contributed by atoms with Crippen molar-refractivity contribution in [3.8, 4) is 5.75 Å². The van der Waals surface area contributed by atoms with Gasteiger partial charge in [0.15, 0.2) is 0 Å². The van der Waals surface area contributed by atoms with E-state index in [-0.39, 0.29) is 5.84 Å². The number of pyridine rings is 1. The molecular formula is C13H13N3O. The minimum absolute atomic E-state index is 0.00628. The van der Waals surface area contributed by atoms with E-state index in [2.05, 4.69) is 4.98 Å². The van der Waals surface area contributed by atoms with Gasteiger partial charge >= 0.3 is 0 Å². The first-order valence-electron chi connectivity index (χ1n) is 5.22. The molecule has 1 aromatic carbocycles. The second-order valence-electron chi connectivity index (χ2n) is 3.56. The maximum absolute atomic E-state index is 7.44. The monoisotopic (exact) mass is 227 g/mol. The number of nitrogen functional groups attached to an aromatic ring is 1. The molecule has 0 amide bonds. The minimum atomic E-state index is 0.00628. The highest BCUT2D eigenvalue weighted by Gasteiger charge is 2.05. The Kier molecular flexibility index (Phi) is 3.35. The Morgan fingerprint density at radius 2 is 2.06 bits per heavy atom. The molecule has 0 spiro atoms. The number of hydrogen-bond acceptors (Lipinski definition) is 3. The van der Waals surface area contributed by atoms with Crippen molar-refractivity contribution in [3.05, 3.63) is 59.9 Å². The van der Waals surface area contributed by atoms with E-state index >= 15 is 0 Å². The molecule has 0 radical (unpaired) electrons. The van der Waals surface area contributed by atoms with Crippen LogP contribution < -0.4 is 10.5 Å². The average molecular weight is 227 g/mol. The topological polar surface area (TPSA) is 72.0 Å². The highest BCUT2D eigenvalue weighted by Crippen LogP contribution is 2.18. The Hall–Kier alpha value is -2.36. The third-order valence-electron chi connectivity index (χ3n) is 2.29. The van der Waals surface area contributed by atoms with Gasteiger partial charge in [0.2, 0.25) is 0 Å². The van der Waals surface area contributed by atoms with Crippen molar-refractivity contribution in [1.29, 1.82) is 5.41 Å². The van der Waals surface area contributed by atoms with Crippen molar-refractivity contribution in [1.82, 2.24) is 4.98 Å². The summed E-state index contributed by atoms with van der Waals surface area (Å²) in [6.45, 7) is 0.415. The molecule has 4 nitrogen and oxygen atoms in total. The van der Waals surface area contributed by atoms with Crippen LogP contribution in [0.25, 0.3) is 0 Å². The Morgan fingerprint density at radius 1 is 1.24 bits per heavy atom. The molecule has 1 heterocycles. The lowest BCUT2D eigenvalue weighted by Crippen LogP contribution is -2.13. The zero-order valence-electron chi connectivity index (χ0n) is 9.26. The number of nitrogens with two attached hydrogens (primary N) is 1. The fourth-order valence-electron chi connectivity index (χ4n) is 1.46. The average Bonchev–Trinajstić information content (AvgIpc) is 2.38. The van der Waals surface area contributed by atoms with E-state index in [9.17, 15) is 0 Å². The lowest BCUT2D eigenvalue weighted by molar-refractivity contribution is 0.305. The van der Waals surface area contributed by atoms with Crippen molar-refractivity contribution in [2.24, 2.45) is 5.73 Å². The molecule has 0 saturated heterocycles. The number of ether oxygens (including phenoxy) is 1. The second kappa shape index (κ2) is 5.12. The molecule has 2 rings (SSSR count). The van der Waals surface area contributed by atoms with Crippen LogP contribution in [0.2, 0.25) is 0 Å². The van der Waals surface area contributed by atoms with Gasteiger partial charge in [0.25, 0.3) is 0 Å². The van der Waals surface area contributed by atoms with Gasteiger partial charge < -0.3 is 10.5 Å². The Bertz CT molecular complexity index is 511. The minimum Gasteiger partial charge on any atom is -0.488 e. The number of rotatable bonds is 4. The zero-order chi connectivity index (χ0) is 12.1. The molecule has 4 heteroatoms. The third-order valence-corrected chi connectivity index (χ3v) is 2.29. The van der Waals surface area contributed by atoms with Crippen LogP contribution in [-0.4, -0.2) is 10.8 Å². The van der Waals surface area contributed by atoms with Gasteiger partial charge in [-0.3, -0.25) is 10.4 Å². The molecule has 0 saturated carbocycles. The molecule has 0 atom stereocenters. The fraction of sp³-hybridized carbons (Fsp3) is 0.0769. The van der Waals surface area contributed by atoms with Crippen LogP contribution in [0.5, 0.6) is 5.75 Å². The van der Waals surface area contributed by atoms with E-state index in [1.165, 1.54) is 0 Å². The first-order valence-corrected chi connectivity index (χ1v) is 5.22. The standard InChI is InChI=1S/C13H13N3O/c14-13(15)11-5-1-2-6-12(11)17-9-10-4-3-7-16-8-10/h1-8H,9H2,(H3,14,15). The van der Waals surface area contributed by atoms with E-state index in [0.29, 0.717) is 17.9 Å². The van der Waals surface area contributed by atoms with Crippen LogP contribution >= 0.6 is 0 Å². The van der Waals surface area contributed by atoms with Gasteiger partial charge in [-0.1, -0.05) is 18.2 Å². The van der Waals surface area contributed by atoms with Gasteiger partial charge in [0.1, 0.15) is 18.2 Å². The van der Waals surface area contributed by atoms with Gasteiger partial charge in [-0.05, 0) is 18.2 Å². The van der Waals surface area contributed by atoms with Crippen molar-refractivity contribution in [2.75, 3.05) is 0 Å². The summed E-state index contributed by atoms with van der Waals surface area (Å²) in [5.74, 6) is 0.621. The van der Waals surface area contributed by atoms with E-state index < -0.39 is 0 Å². The maximum atomic E-state index is 7.44. The maximum Gasteiger partial charge on any atom is 0.130 e. The molecule has 17 heavy (non-hydrogen) atoms. The fourth-order valence-corrected chi connectivity index (χ4v) is 1.46. The number of benzene rings is 1. The molecule has 86 valence electrons. The van der Waals surface area contributed by atoms with Crippen LogP contribution in [-0.2, 0) is 6.61 Å². The SMILES string of the molecule is N=C(N)c1ccccc1OCc1cccnc1. The van der Waals surface area contributed by atoms with Crippen LogP contribution in [0.1, 0.15) is 11.1 Å². The molecule has 0 unspecified atom stereocenters. The second-order valence-corrected chi connectivity index (χ2v) is 3.56. The summed E-state index contributed by atoms with van der Waals surface area (Å²) < 4.78 is 5.62. The molecule has 0 aliphatic carbocycles. The third kappa shape index (κ3) is 2.81. The molecule has 0 fully saturated rings. The quantitative estimate of drug-likeness (QED) is 0.619. The van der Waals surface area contributed by atoms with Gasteiger partial charge in [-0.15, -0.1) is 0 Å². The predicted octanol–water partition coefficient (Wildman–Crippen LogP) is 1.94. The summed E-state index contributed by atoms with van der Waals surface area (Å²) in [5.41, 5.74) is 7.06. The smallest absolute Gasteiger partial charge is 0.130 e. The first-order chi connectivity index (χ1) is 8.27. The van der Waals surface area contributed by atoms with E-state index in [4.69, 9.17) is 15.9 Å². The van der Waals surface area contributed by atoms with Crippen molar-refractivity contribution in [3.63, 3.8) is 0 Å². The molecule has 0 aliphatic rings. The van der Waals surface area contributed by atoms with Gasteiger partial charge in [-0.2, -0.15) is 0 Å². The predicted molar refractivity (Wildman–Crippen MR) is 66.0 cm³/mol. The van der Waals surface area contributed by atoms with Gasteiger partial charge in [-0.25, -0.2) is 0 Å². The van der Waals surface area contributed by atoms with Crippen molar-refractivity contribution < 1.29 is 4.74 Å². The summed E-state index contributed by atoms with van der Waals surface area (Å²) in [6, 6.07) is 11.0. The number of nitrogens with one attached hydrogen (secondary N) is 1. The lowest BCUT2D eigenvalue weighted by Gasteiger charge is -2.09. The lowest BCUT2D eigenvalue weighted by atomic mass is 10.2. The van der Waals surface area contributed by atoms with Crippen LogP contribution in [0, 0.1) is 5.41 Å². The van der Waals surface area contributed by atoms with Crippen LogP contribution in [0.15, 0.2) is 48.8 Å². The van der Waals surface area contributed by atoms with Crippen LogP contribution in [0.4, 0.5) is 0 Å². The highest BCUT2D eigenvalue weighted by atomic mass is 16.5. The summed E-state index contributed by atoms with van der Waals surface area (Å²) in [5, 5.41) is 7.44. The molecule has 2 aromatic rings. The van der Waals surface area contributed by atoms with Gasteiger partial charge in [0, 0.05) is 18.0 Å². The number of hydrogen-bond donors (Lipinski definition) is 2. The van der Waals surface area contributed by atoms with E-state index in [0.717, 1.165) is 5.56 Å². The molecule has 0 aliphatic heterocycles. The van der Waals surface area contributed by atoms with E-state index in [1.54, 1.807) is 24.5 Å². The molecular weight excluding hydrogens is 214 g/mol. The molecule has 0 bridgehead atoms. The largest absolute Gasteiger partial charge is 0.488 e. The summed E-state index contributed by atoms with van der Waals surface area (Å²) in [7, 11) is 0. The van der Waals surface area contributed by atoms with Gasteiger partial charge in [0.05, 0.1) is 5.56 Å². The summed E-state index contributed by atoms with van der Waals surface area (Å²) >= 11 is 0. The number of nitrogens with zero attached hydrogens (tertiary/aromatic N) is 1. The van der Waals surface area contributed by atoms with E-state index in [1.807, 2.05) is 24.3 Å². The summed E-state index contributed by atoms with van der Waals surface area (Å²) in [6.07, 6.45) is 3.46. The Balaban J connectivity index is 2.12.